The van der Waals surface area contributed by atoms with Crippen molar-refractivity contribution >= 4 is 0 Å². The fourth-order valence-corrected chi connectivity index (χ4v) is 0.596. The van der Waals surface area contributed by atoms with Crippen LogP contribution in [-0.2, 0) is 4.74 Å². The second-order valence-electron chi connectivity index (χ2n) is 2.55. The summed E-state index contributed by atoms with van der Waals surface area (Å²) in [6.45, 7) is 0. The number of ether oxygens (including phenoxy) is 1. The van der Waals surface area contributed by atoms with Gasteiger partial charge in [-0.05, 0) is 18.9 Å². The van der Waals surface area contributed by atoms with Gasteiger partial charge in [-0.3, -0.25) is 0 Å². The van der Waals surface area contributed by atoms with E-state index in [0.29, 0.717) is 12.0 Å². The lowest BCUT2D eigenvalue weighted by atomic mass is 10.5. The first-order chi connectivity index (χ1) is 5.18. The molecule has 4 nitrogen and oxygen atoms in total. The highest BCUT2D eigenvalue weighted by Gasteiger charge is 2.23. The standard InChI is InChI=1S/C7H13N3O/c8-6(9)3-4-7(10)11-5-1-2-5/h3-5H,1-2,8-10H2/b7-4+. The minimum absolute atomic E-state index is 0.229. The van der Waals surface area contributed by atoms with E-state index in [-0.39, 0.29) is 5.82 Å². The molecule has 11 heavy (non-hydrogen) atoms. The highest BCUT2D eigenvalue weighted by atomic mass is 16.5. The molecule has 0 amide bonds. The molecule has 1 aliphatic rings. The molecule has 1 rings (SSSR count). The number of nitrogens with two attached hydrogens (primary N) is 3. The molecule has 62 valence electrons. The van der Waals surface area contributed by atoms with Crippen LogP contribution in [0.4, 0.5) is 0 Å². The molecule has 1 fully saturated rings. The van der Waals surface area contributed by atoms with Gasteiger partial charge < -0.3 is 21.9 Å². The second-order valence-corrected chi connectivity index (χ2v) is 2.55. The van der Waals surface area contributed by atoms with Gasteiger partial charge in [0.25, 0.3) is 0 Å². The normalized spacial score (nSPS) is 17.6. The van der Waals surface area contributed by atoms with Crippen LogP contribution >= 0.6 is 0 Å². The van der Waals surface area contributed by atoms with E-state index in [1.807, 2.05) is 0 Å². The van der Waals surface area contributed by atoms with Crippen molar-refractivity contribution in [2.24, 2.45) is 17.2 Å². The van der Waals surface area contributed by atoms with E-state index in [1.165, 1.54) is 6.08 Å². The predicted octanol–water partition coefficient (Wildman–Crippen LogP) is -0.276. The lowest BCUT2D eigenvalue weighted by Crippen LogP contribution is -2.08. The van der Waals surface area contributed by atoms with Gasteiger partial charge in [0.2, 0.25) is 0 Å². The molecule has 0 heterocycles. The Morgan fingerprint density at radius 3 is 2.27 bits per heavy atom. The van der Waals surface area contributed by atoms with Crippen molar-refractivity contribution in [1.29, 1.82) is 0 Å². The molecule has 4 heteroatoms. The van der Waals surface area contributed by atoms with Crippen LogP contribution in [0.15, 0.2) is 23.9 Å². The van der Waals surface area contributed by atoms with Crippen LogP contribution in [0.2, 0.25) is 0 Å². The molecule has 6 N–H and O–H groups in total. The largest absolute Gasteiger partial charge is 0.476 e. The fraction of sp³-hybridized carbons (Fsp3) is 0.429. The Morgan fingerprint density at radius 2 is 1.82 bits per heavy atom. The molecule has 0 unspecified atom stereocenters. The third-order valence-electron chi connectivity index (χ3n) is 1.27. The monoisotopic (exact) mass is 155 g/mol. The summed E-state index contributed by atoms with van der Waals surface area (Å²) in [5.74, 6) is 0.605. The molecular formula is C7H13N3O. The molecule has 1 aliphatic carbocycles. The van der Waals surface area contributed by atoms with Crippen molar-refractivity contribution in [3.8, 4) is 0 Å². The van der Waals surface area contributed by atoms with E-state index in [0.717, 1.165) is 12.8 Å². The van der Waals surface area contributed by atoms with Crippen LogP contribution in [0.25, 0.3) is 0 Å². The van der Waals surface area contributed by atoms with Crippen molar-refractivity contribution in [3.63, 3.8) is 0 Å². The lowest BCUT2D eigenvalue weighted by molar-refractivity contribution is 0.194. The third-order valence-corrected chi connectivity index (χ3v) is 1.27. The van der Waals surface area contributed by atoms with Crippen molar-refractivity contribution in [1.82, 2.24) is 0 Å². The molecule has 1 saturated carbocycles. The highest BCUT2D eigenvalue weighted by Crippen LogP contribution is 2.24. The van der Waals surface area contributed by atoms with Crippen LogP contribution in [-0.4, -0.2) is 6.10 Å². The molecule has 0 aromatic carbocycles. The van der Waals surface area contributed by atoms with E-state index in [1.54, 1.807) is 6.08 Å². The minimum Gasteiger partial charge on any atom is -0.476 e. The lowest BCUT2D eigenvalue weighted by Gasteiger charge is -2.01. The van der Waals surface area contributed by atoms with Crippen LogP contribution in [0.1, 0.15) is 12.8 Å². The average molecular weight is 155 g/mol. The molecule has 0 aliphatic heterocycles. The molecule has 0 spiro atoms. The van der Waals surface area contributed by atoms with Crippen molar-refractivity contribution < 1.29 is 4.74 Å². The quantitative estimate of drug-likeness (QED) is 0.386. The van der Waals surface area contributed by atoms with Gasteiger partial charge in [0.05, 0.1) is 5.82 Å². The zero-order valence-corrected chi connectivity index (χ0v) is 6.29. The van der Waals surface area contributed by atoms with Gasteiger partial charge >= 0.3 is 0 Å². The van der Waals surface area contributed by atoms with E-state index in [4.69, 9.17) is 21.9 Å². The maximum Gasteiger partial charge on any atom is 0.184 e. The summed E-state index contributed by atoms with van der Waals surface area (Å²) in [4.78, 5) is 0. The van der Waals surface area contributed by atoms with Gasteiger partial charge in [0.1, 0.15) is 6.10 Å². The third kappa shape index (κ3) is 3.40. The Labute approximate surface area is 65.7 Å². The zero-order chi connectivity index (χ0) is 8.27. The average Bonchev–Trinajstić information content (AvgIpc) is 2.67. The first kappa shape index (κ1) is 7.78. The Balaban J connectivity index is 2.31. The molecule has 0 radical (unpaired) electrons. The number of allylic oxidation sites excluding steroid dienone is 2. The highest BCUT2D eigenvalue weighted by molar-refractivity contribution is 5.09. The topological polar surface area (TPSA) is 87.3 Å². The summed E-state index contributed by atoms with van der Waals surface area (Å²) >= 11 is 0. The van der Waals surface area contributed by atoms with E-state index in [2.05, 4.69) is 0 Å². The van der Waals surface area contributed by atoms with Crippen molar-refractivity contribution in [2.75, 3.05) is 0 Å². The zero-order valence-electron chi connectivity index (χ0n) is 6.29. The first-order valence-electron chi connectivity index (χ1n) is 3.53. The smallest absolute Gasteiger partial charge is 0.184 e. The van der Waals surface area contributed by atoms with E-state index < -0.39 is 0 Å². The Bertz CT molecular complexity index is 190. The maximum absolute atomic E-state index is 5.45. The summed E-state index contributed by atoms with van der Waals surface area (Å²) < 4.78 is 5.19. The summed E-state index contributed by atoms with van der Waals surface area (Å²) in [6.07, 6.45) is 5.58. The molecule has 0 aromatic heterocycles. The predicted molar refractivity (Wildman–Crippen MR) is 42.8 cm³/mol. The van der Waals surface area contributed by atoms with Crippen LogP contribution in [0, 0.1) is 0 Å². The number of rotatable bonds is 3. The van der Waals surface area contributed by atoms with Crippen molar-refractivity contribution in [3.05, 3.63) is 23.9 Å². The number of hydrogen-bond acceptors (Lipinski definition) is 4. The SMILES string of the molecule is NC(N)=C/C=C(\N)OC1CC1. The Kier molecular flexibility index (Phi) is 2.25. The number of hydrogen-bond donors (Lipinski definition) is 3. The van der Waals surface area contributed by atoms with E-state index in [9.17, 15) is 0 Å². The second kappa shape index (κ2) is 3.18. The summed E-state index contributed by atoms with van der Waals surface area (Å²) in [7, 11) is 0. The minimum atomic E-state index is 0.229. The summed E-state index contributed by atoms with van der Waals surface area (Å²) in [5.41, 5.74) is 15.8. The van der Waals surface area contributed by atoms with Gasteiger partial charge in [0, 0.05) is 6.08 Å². The van der Waals surface area contributed by atoms with Gasteiger partial charge in [0.15, 0.2) is 5.88 Å². The van der Waals surface area contributed by atoms with E-state index >= 15 is 0 Å². The molecule has 0 bridgehead atoms. The molecule has 0 saturated heterocycles. The van der Waals surface area contributed by atoms with Crippen LogP contribution in [0.3, 0.4) is 0 Å². The Morgan fingerprint density at radius 1 is 1.18 bits per heavy atom. The molecule has 0 aromatic rings. The fourth-order valence-electron chi connectivity index (χ4n) is 0.596. The summed E-state index contributed by atoms with van der Waals surface area (Å²) in [5, 5.41) is 0. The Hall–Kier alpha value is -1.32. The summed E-state index contributed by atoms with van der Waals surface area (Å²) in [6, 6.07) is 0. The van der Waals surface area contributed by atoms with Gasteiger partial charge in [-0.1, -0.05) is 0 Å². The van der Waals surface area contributed by atoms with Crippen molar-refractivity contribution in [2.45, 2.75) is 18.9 Å². The van der Waals surface area contributed by atoms with Gasteiger partial charge in [-0.15, -0.1) is 0 Å². The van der Waals surface area contributed by atoms with Gasteiger partial charge in [-0.25, -0.2) is 0 Å². The van der Waals surface area contributed by atoms with Gasteiger partial charge in [-0.2, -0.15) is 0 Å². The first-order valence-corrected chi connectivity index (χ1v) is 3.53. The van der Waals surface area contributed by atoms with Crippen LogP contribution < -0.4 is 17.2 Å². The molecule has 0 atom stereocenters. The van der Waals surface area contributed by atoms with Crippen LogP contribution in [0.5, 0.6) is 0 Å². The molecular weight excluding hydrogens is 142 g/mol. The maximum atomic E-state index is 5.45.